The first-order chi connectivity index (χ1) is 6.74. The van der Waals surface area contributed by atoms with Gasteiger partial charge in [0.1, 0.15) is 0 Å². The number of aliphatic imine (C=N–C) groups is 1. The smallest absolute Gasteiger partial charge is 0.314 e. The molecule has 1 amide bonds. The minimum Gasteiger partial charge on any atom is -0.338 e. The number of carbonyl (C=O) groups excluding carboxylic acids is 2. The zero-order valence-corrected chi connectivity index (χ0v) is 7.91. The second-order valence-electron chi connectivity index (χ2n) is 2.46. The van der Waals surface area contributed by atoms with Crippen LogP contribution in [0.25, 0.3) is 0 Å². The Kier molecular flexibility index (Phi) is 3.85. The molecular formula is C9H7ClN2O2. The molecule has 0 bridgehead atoms. The molecule has 0 unspecified atom stereocenters. The van der Waals surface area contributed by atoms with Gasteiger partial charge in [-0.1, -0.05) is 18.2 Å². The molecule has 1 N–H and O–H groups in total. The van der Waals surface area contributed by atoms with Crippen LogP contribution >= 0.6 is 11.6 Å². The van der Waals surface area contributed by atoms with Crippen molar-refractivity contribution < 1.29 is 9.59 Å². The van der Waals surface area contributed by atoms with Crippen molar-refractivity contribution in [3.05, 3.63) is 29.8 Å². The summed E-state index contributed by atoms with van der Waals surface area (Å²) < 4.78 is 0. The van der Waals surface area contributed by atoms with Crippen molar-refractivity contribution in [3.63, 3.8) is 0 Å². The van der Waals surface area contributed by atoms with Crippen molar-refractivity contribution >= 4 is 28.7 Å². The second kappa shape index (κ2) is 5.17. The first-order valence-corrected chi connectivity index (χ1v) is 4.21. The maximum Gasteiger partial charge on any atom is 0.314 e. The molecule has 72 valence electrons. The predicted molar refractivity (Wildman–Crippen MR) is 52.3 cm³/mol. The number of hydrogen-bond acceptors (Lipinski definition) is 3. The van der Waals surface area contributed by atoms with Gasteiger partial charge in [-0.2, -0.15) is 4.99 Å². The molecule has 0 saturated heterocycles. The van der Waals surface area contributed by atoms with E-state index in [1.807, 2.05) is 0 Å². The van der Waals surface area contributed by atoms with E-state index in [9.17, 15) is 9.59 Å². The summed E-state index contributed by atoms with van der Waals surface area (Å²) in [7, 11) is 0. The van der Waals surface area contributed by atoms with Crippen molar-refractivity contribution in [1.82, 2.24) is 5.32 Å². The van der Waals surface area contributed by atoms with Crippen molar-refractivity contribution in [2.75, 3.05) is 0 Å². The predicted octanol–water partition coefficient (Wildman–Crippen LogP) is 2.10. The van der Waals surface area contributed by atoms with Crippen molar-refractivity contribution in [2.45, 2.75) is 6.54 Å². The summed E-state index contributed by atoms with van der Waals surface area (Å²) in [5.74, 6) is 0. The standard InChI is InChI=1S/C9H7ClN2O2/c10-9(14)11-5-7-3-1-2-4-8(7)12-6-13/h1-4H,5H2,(H,11,14). The maximum atomic E-state index is 10.4. The van der Waals surface area contributed by atoms with Gasteiger partial charge in [-0.05, 0) is 23.2 Å². The normalized spacial score (nSPS) is 8.93. The summed E-state index contributed by atoms with van der Waals surface area (Å²) in [6, 6.07) is 6.91. The molecular weight excluding hydrogens is 204 g/mol. The molecule has 0 saturated carbocycles. The molecule has 4 nitrogen and oxygen atoms in total. The van der Waals surface area contributed by atoms with Gasteiger partial charge in [0.15, 0.2) is 0 Å². The van der Waals surface area contributed by atoms with Crippen LogP contribution in [0.5, 0.6) is 0 Å². The lowest BCUT2D eigenvalue weighted by atomic mass is 10.2. The van der Waals surface area contributed by atoms with Crippen LogP contribution in [-0.4, -0.2) is 11.4 Å². The Morgan fingerprint density at radius 2 is 2.21 bits per heavy atom. The van der Waals surface area contributed by atoms with E-state index in [-0.39, 0.29) is 6.54 Å². The summed E-state index contributed by atoms with van der Waals surface area (Å²) in [4.78, 5) is 24.0. The fourth-order valence-corrected chi connectivity index (χ4v) is 1.05. The fourth-order valence-electron chi connectivity index (χ4n) is 0.983. The third-order valence-corrected chi connectivity index (χ3v) is 1.71. The SMILES string of the molecule is O=C=Nc1ccccc1CNC(=O)Cl. The van der Waals surface area contributed by atoms with E-state index < -0.39 is 5.37 Å². The number of carbonyl (C=O) groups is 1. The number of para-hydroxylation sites is 1. The number of halogens is 1. The number of nitrogens with zero attached hydrogens (tertiary/aromatic N) is 1. The quantitative estimate of drug-likeness (QED) is 0.360. The van der Waals surface area contributed by atoms with Crippen LogP contribution in [0.1, 0.15) is 5.56 Å². The minimum absolute atomic E-state index is 0.240. The second-order valence-corrected chi connectivity index (χ2v) is 2.80. The minimum atomic E-state index is -0.644. The lowest BCUT2D eigenvalue weighted by Crippen LogP contribution is -2.15. The number of hydrogen-bond donors (Lipinski definition) is 1. The van der Waals surface area contributed by atoms with Crippen LogP contribution in [0.3, 0.4) is 0 Å². The average Bonchev–Trinajstić information content (AvgIpc) is 2.17. The Balaban J connectivity index is 2.84. The van der Waals surface area contributed by atoms with E-state index in [4.69, 9.17) is 11.6 Å². The first kappa shape index (κ1) is 10.4. The molecule has 0 heterocycles. The molecule has 0 aromatic heterocycles. The molecule has 1 aromatic rings. The number of rotatable bonds is 3. The molecule has 1 rings (SSSR count). The van der Waals surface area contributed by atoms with Crippen molar-refractivity contribution in [2.24, 2.45) is 4.99 Å². The van der Waals surface area contributed by atoms with Gasteiger partial charge in [-0.15, -0.1) is 0 Å². The summed E-state index contributed by atoms with van der Waals surface area (Å²) in [5.41, 5.74) is 1.19. The van der Waals surface area contributed by atoms with Gasteiger partial charge in [0, 0.05) is 6.54 Å². The molecule has 0 aliphatic carbocycles. The molecule has 0 fully saturated rings. The average molecular weight is 211 g/mol. The maximum absolute atomic E-state index is 10.4. The Morgan fingerprint density at radius 3 is 2.86 bits per heavy atom. The molecule has 0 aliphatic heterocycles. The van der Waals surface area contributed by atoms with E-state index in [0.717, 1.165) is 0 Å². The fraction of sp³-hybridized carbons (Fsp3) is 0.111. The Hall–Kier alpha value is -1.64. The van der Waals surface area contributed by atoms with Crippen molar-refractivity contribution in [3.8, 4) is 0 Å². The van der Waals surface area contributed by atoms with Crippen LogP contribution in [0.4, 0.5) is 10.5 Å². The summed E-state index contributed by atoms with van der Waals surface area (Å²) in [6.45, 7) is 0.240. The van der Waals surface area contributed by atoms with Gasteiger partial charge in [0.05, 0.1) is 5.69 Å². The van der Waals surface area contributed by atoms with Crippen molar-refractivity contribution in [1.29, 1.82) is 0 Å². The Labute approximate surface area is 85.6 Å². The van der Waals surface area contributed by atoms with Crippen LogP contribution in [-0.2, 0) is 11.3 Å². The van der Waals surface area contributed by atoms with Gasteiger partial charge in [-0.25, -0.2) is 4.79 Å². The van der Waals surface area contributed by atoms with Gasteiger partial charge in [0.25, 0.3) is 0 Å². The zero-order chi connectivity index (χ0) is 10.4. The van der Waals surface area contributed by atoms with Gasteiger partial charge < -0.3 is 5.32 Å². The van der Waals surface area contributed by atoms with Gasteiger partial charge >= 0.3 is 5.37 Å². The number of nitrogens with one attached hydrogen (secondary N) is 1. The van der Waals surface area contributed by atoms with E-state index in [2.05, 4.69) is 10.3 Å². The van der Waals surface area contributed by atoms with E-state index in [1.165, 1.54) is 6.08 Å². The summed E-state index contributed by atoms with van der Waals surface area (Å²) >= 11 is 5.10. The van der Waals surface area contributed by atoms with Crippen LogP contribution in [0.2, 0.25) is 0 Å². The van der Waals surface area contributed by atoms with E-state index in [0.29, 0.717) is 11.3 Å². The molecule has 5 heteroatoms. The third kappa shape index (κ3) is 3.01. The molecule has 0 aliphatic rings. The largest absolute Gasteiger partial charge is 0.338 e. The lowest BCUT2D eigenvalue weighted by molar-refractivity contribution is 0.259. The van der Waals surface area contributed by atoms with Crippen LogP contribution < -0.4 is 5.32 Å². The zero-order valence-electron chi connectivity index (χ0n) is 7.16. The first-order valence-electron chi connectivity index (χ1n) is 3.83. The number of benzene rings is 1. The van der Waals surface area contributed by atoms with Gasteiger partial charge in [0.2, 0.25) is 6.08 Å². The molecule has 0 atom stereocenters. The van der Waals surface area contributed by atoms with Crippen LogP contribution in [0, 0.1) is 0 Å². The van der Waals surface area contributed by atoms with E-state index >= 15 is 0 Å². The van der Waals surface area contributed by atoms with E-state index in [1.54, 1.807) is 24.3 Å². The molecule has 1 aromatic carbocycles. The highest BCUT2D eigenvalue weighted by molar-refractivity contribution is 6.62. The van der Waals surface area contributed by atoms with Crippen LogP contribution in [0.15, 0.2) is 29.3 Å². The highest BCUT2D eigenvalue weighted by atomic mass is 35.5. The van der Waals surface area contributed by atoms with Gasteiger partial charge in [-0.3, -0.25) is 4.79 Å². The summed E-state index contributed by atoms with van der Waals surface area (Å²) in [5, 5.41) is 1.75. The summed E-state index contributed by atoms with van der Waals surface area (Å²) in [6.07, 6.45) is 1.44. The monoisotopic (exact) mass is 210 g/mol. The molecule has 14 heavy (non-hydrogen) atoms. The highest BCUT2D eigenvalue weighted by Gasteiger charge is 2.01. The number of amides is 1. The number of isocyanates is 1. The Morgan fingerprint density at radius 1 is 1.50 bits per heavy atom. The third-order valence-electron chi connectivity index (χ3n) is 1.58. The highest BCUT2D eigenvalue weighted by Crippen LogP contribution is 2.17. The molecule has 0 spiro atoms. The Bertz CT molecular complexity index is 386. The molecule has 0 radical (unpaired) electrons. The lowest BCUT2D eigenvalue weighted by Gasteiger charge is -2.03. The topological polar surface area (TPSA) is 58.5 Å².